The van der Waals surface area contributed by atoms with Gasteiger partial charge in [-0.05, 0) is 30.5 Å². The molecule has 1 N–H and O–H groups in total. The van der Waals surface area contributed by atoms with Crippen LogP contribution in [0.2, 0.25) is 0 Å². The minimum Gasteiger partial charge on any atom is -0.375 e. The van der Waals surface area contributed by atoms with E-state index in [2.05, 4.69) is 11.4 Å². The van der Waals surface area contributed by atoms with Crippen LogP contribution in [0, 0.1) is 17.1 Å². The predicted octanol–water partition coefficient (Wildman–Crippen LogP) is 1.90. The third kappa shape index (κ3) is 1.98. The van der Waals surface area contributed by atoms with E-state index in [1.54, 1.807) is 18.3 Å². The van der Waals surface area contributed by atoms with Gasteiger partial charge in [-0.2, -0.15) is 5.26 Å². The summed E-state index contributed by atoms with van der Waals surface area (Å²) in [7, 11) is 1.90. The monoisotopic (exact) mass is 326 g/mol. The zero-order valence-corrected chi connectivity index (χ0v) is 13.5. The number of rotatable bonds is 1. The average Bonchev–Trinajstić information content (AvgIpc) is 2.91. The van der Waals surface area contributed by atoms with Gasteiger partial charge in [0.25, 0.3) is 0 Å². The van der Waals surface area contributed by atoms with E-state index in [-0.39, 0.29) is 23.8 Å². The van der Waals surface area contributed by atoms with Crippen LogP contribution in [0.5, 0.6) is 0 Å². The average molecular weight is 326 g/mol. The summed E-state index contributed by atoms with van der Waals surface area (Å²) >= 11 is 0. The Balaban J connectivity index is 1.86. The van der Waals surface area contributed by atoms with Gasteiger partial charge in [0.1, 0.15) is 29.3 Å². The second-order valence-electron chi connectivity index (χ2n) is 6.82. The molecule has 1 aromatic carbocycles. The van der Waals surface area contributed by atoms with Crippen molar-refractivity contribution in [3.8, 4) is 6.07 Å². The van der Waals surface area contributed by atoms with Gasteiger partial charge in [0.05, 0.1) is 0 Å². The van der Waals surface area contributed by atoms with E-state index in [0.717, 1.165) is 18.4 Å². The first-order valence-electron chi connectivity index (χ1n) is 8.22. The van der Waals surface area contributed by atoms with Gasteiger partial charge in [0.2, 0.25) is 0 Å². The van der Waals surface area contributed by atoms with Crippen LogP contribution in [-0.2, 0) is 4.79 Å². The van der Waals surface area contributed by atoms with Crippen molar-refractivity contribution in [3.63, 3.8) is 0 Å². The Kier molecular flexibility index (Phi) is 3.36. The summed E-state index contributed by atoms with van der Waals surface area (Å²) in [6, 6.07) is 8.51. The summed E-state index contributed by atoms with van der Waals surface area (Å²) in [6.45, 7) is 0.562. The molecule has 0 aromatic heterocycles. The highest BCUT2D eigenvalue weighted by atomic mass is 19.1. The molecular formula is C18H19FN4O. The maximum Gasteiger partial charge on any atom is 0.161 e. The highest BCUT2D eigenvalue weighted by molar-refractivity contribution is 5.92. The number of allylic oxidation sites excluding steroid dienone is 1. The number of nitrogens with zero attached hydrogens (tertiary/aromatic N) is 3. The van der Waals surface area contributed by atoms with Crippen LogP contribution >= 0.6 is 0 Å². The number of carbonyl (C=O) groups is 1. The van der Waals surface area contributed by atoms with Gasteiger partial charge in [-0.15, -0.1) is 0 Å². The van der Waals surface area contributed by atoms with Crippen molar-refractivity contribution in [1.29, 1.82) is 5.26 Å². The minimum absolute atomic E-state index is 0.00620. The van der Waals surface area contributed by atoms with Crippen molar-refractivity contribution >= 4 is 5.78 Å². The van der Waals surface area contributed by atoms with Gasteiger partial charge in [0, 0.05) is 32.3 Å². The third-order valence-corrected chi connectivity index (χ3v) is 5.40. The van der Waals surface area contributed by atoms with Crippen LogP contribution in [0.4, 0.5) is 4.39 Å². The number of likely N-dealkylation sites (N-methyl/N-ethyl adjacent to an activating group) is 1. The Labute approximate surface area is 140 Å². The van der Waals surface area contributed by atoms with Crippen LogP contribution in [0.1, 0.15) is 31.0 Å². The highest BCUT2D eigenvalue weighted by Gasteiger charge is 2.61. The van der Waals surface area contributed by atoms with Gasteiger partial charge in [-0.25, -0.2) is 4.39 Å². The summed E-state index contributed by atoms with van der Waals surface area (Å²) < 4.78 is 13.3. The molecule has 3 atom stereocenters. The molecule has 24 heavy (non-hydrogen) atoms. The first-order chi connectivity index (χ1) is 11.6. The zero-order chi connectivity index (χ0) is 16.9. The van der Waals surface area contributed by atoms with E-state index in [1.165, 1.54) is 12.1 Å². The number of ketones is 1. The number of benzene rings is 1. The lowest BCUT2D eigenvalue weighted by atomic mass is 9.75. The van der Waals surface area contributed by atoms with Crippen LogP contribution < -0.4 is 5.32 Å². The van der Waals surface area contributed by atoms with E-state index in [4.69, 9.17) is 0 Å². The maximum atomic E-state index is 13.3. The van der Waals surface area contributed by atoms with Crippen molar-refractivity contribution in [2.75, 3.05) is 13.6 Å². The first-order valence-corrected chi connectivity index (χ1v) is 8.22. The molecule has 5 nitrogen and oxygen atoms in total. The lowest BCUT2D eigenvalue weighted by Crippen LogP contribution is -2.65. The van der Waals surface area contributed by atoms with E-state index in [1.807, 2.05) is 16.8 Å². The molecule has 1 spiro atoms. The van der Waals surface area contributed by atoms with E-state index < -0.39 is 5.54 Å². The fraction of sp³-hybridized carbons (Fsp3) is 0.444. The lowest BCUT2D eigenvalue weighted by molar-refractivity contribution is -0.133. The number of hydrogen-bond acceptors (Lipinski definition) is 5. The van der Waals surface area contributed by atoms with Gasteiger partial charge in [0.15, 0.2) is 5.78 Å². The molecule has 0 radical (unpaired) electrons. The molecule has 2 fully saturated rings. The lowest BCUT2D eigenvalue weighted by Gasteiger charge is -2.49. The molecule has 0 amide bonds. The van der Waals surface area contributed by atoms with Crippen molar-refractivity contribution < 1.29 is 9.18 Å². The molecule has 1 aromatic rings. The van der Waals surface area contributed by atoms with Crippen LogP contribution in [-0.4, -0.2) is 40.8 Å². The quantitative estimate of drug-likeness (QED) is 0.854. The molecule has 0 bridgehead atoms. The van der Waals surface area contributed by atoms with Crippen molar-refractivity contribution in [2.45, 2.75) is 37.0 Å². The van der Waals surface area contributed by atoms with Gasteiger partial charge in [-0.3, -0.25) is 10.1 Å². The second-order valence-corrected chi connectivity index (χ2v) is 6.82. The van der Waals surface area contributed by atoms with Crippen molar-refractivity contribution in [2.24, 2.45) is 0 Å². The predicted molar refractivity (Wildman–Crippen MR) is 85.8 cm³/mol. The normalized spacial score (nSPS) is 32.0. The Morgan fingerprint density at radius 3 is 2.83 bits per heavy atom. The molecule has 124 valence electrons. The molecule has 1 saturated heterocycles. The van der Waals surface area contributed by atoms with Gasteiger partial charge < -0.3 is 9.80 Å². The summed E-state index contributed by atoms with van der Waals surface area (Å²) in [5.41, 5.74) is 0.623. The van der Waals surface area contributed by atoms with Crippen molar-refractivity contribution in [3.05, 3.63) is 47.5 Å². The second kappa shape index (κ2) is 5.32. The highest BCUT2D eigenvalue weighted by Crippen LogP contribution is 2.47. The first kappa shape index (κ1) is 15.2. The van der Waals surface area contributed by atoms with Gasteiger partial charge >= 0.3 is 0 Å². The molecule has 1 aliphatic carbocycles. The van der Waals surface area contributed by atoms with E-state index in [0.29, 0.717) is 18.7 Å². The fourth-order valence-electron chi connectivity index (χ4n) is 4.43. The van der Waals surface area contributed by atoms with E-state index in [9.17, 15) is 14.4 Å². The van der Waals surface area contributed by atoms with Crippen molar-refractivity contribution in [1.82, 2.24) is 15.1 Å². The molecule has 2 aliphatic heterocycles. The Morgan fingerprint density at radius 1 is 1.38 bits per heavy atom. The number of halogens is 1. The van der Waals surface area contributed by atoms with Crippen LogP contribution in [0.15, 0.2) is 36.2 Å². The summed E-state index contributed by atoms with van der Waals surface area (Å²) in [5.74, 6) is -0.113. The summed E-state index contributed by atoms with van der Waals surface area (Å²) in [6.07, 6.45) is 3.78. The third-order valence-electron chi connectivity index (χ3n) is 5.40. The molecule has 3 unspecified atom stereocenters. The summed E-state index contributed by atoms with van der Waals surface area (Å²) in [5, 5.41) is 13.2. The summed E-state index contributed by atoms with van der Waals surface area (Å²) in [4.78, 5) is 16.8. The SMILES string of the molecule is CN1C=C(C#N)N2C(c3ccc(F)cc3)NC3CCCC(=O)C32C1. The molecule has 2 heterocycles. The van der Waals surface area contributed by atoms with Crippen LogP contribution in [0.25, 0.3) is 0 Å². The topological polar surface area (TPSA) is 59.4 Å². The minimum atomic E-state index is -0.716. The number of nitriles is 1. The Bertz CT molecular complexity index is 753. The maximum absolute atomic E-state index is 13.3. The fourth-order valence-corrected chi connectivity index (χ4v) is 4.43. The molecule has 6 heteroatoms. The van der Waals surface area contributed by atoms with Crippen LogP contribution in [0.3, 0.4) is 0 Å². The molecule has 4 rings (SSSR count). The largest absolute Gasteiger partial charge is 0.375 e. The number of carbonyl (C=O) groups excluding carboxylic acids is 1. The Hall–Kier alpha value is -2.39. The molecular weight excluding hydrogens is 307 g/mol. The Morgan fingerprint density at radius 2 is 2.12 bits per heavy atom. The smallest absolute Gasteiger partial charge is 0.161 e. The number of nitrogens with one attached hydrogen (secondary N) is 1. The van der Waals surface area contributed by atoms with E-state index >= 15 is 0 Å². The van der Waals surface area contributed by atoms with Gasteiger partial charge in [-0.1, -0.05) is 12.1 Å². The molecule has 3 aliphatic rings. The number of hydrogen-bond donors (Lipinski definition) is 1. The molecule has 1 saturated carbocycles. The standard InChI is InChI=1S/C18H19FN4O/c1-22-10-14(9-20)23-17(12-5-7-13(19)8-6-12)21-15-3-2-4-16(24)18(15,23)11-22/h5-8,10,15,17,21H,2-4,11H2,1H3. The number of Topliss-reactive ketones (excluding diaryl/α,β-unsaturated/α-hetero) is 1. The zero-order valence-electron chi connectivity index (χ0n) is 13.5.